The molecule has 23 heavy (non-hydrogen) atoms. The van der Waals surface area contributed by atoms with Gasteiger partial charge in [-0.2, -0.15) is 0 Å². The summed E-state index contributed by atoms with van der Waals surface area (Å²) in [6, 6.07) is 15.8. The summed E-state index contributed by atoms with van der Waals surface area (Å²) in [5, 5.41) is 14.0. The molecule has 0 heterocycles. The molecule has 2 aromatic carbocycles. The minimum absolute atomic E-state index is 0. The molecule has 126 valence electrons. The molecule has 2 N–H and O–H groups in total. The van der Waals surface area contributed by atoms with Crippen LogP contribution in [0.25, 0.3) is 0 Å². The first kappa shape index (κ1) is 19.8. The van der Waals surface area contributed by atoms with E-state index in [1.807, 2.05) is 37.3 Å². The second-order valence-electron chi connectivity index (χ2n) is 5.42. The second kappa shape index (κ2) is 9.78. The van der Waals surface area contributed by atoms with Gasteiger partial charge in [0.1, 0.15) is 18.5 Å². The fourth-order valence-electron chi connectivity index (χ4n) is 2.19. The Hall–Kier alpha value is -1.26. The Morgan fingerprint density at radius 1 is 1.17 bits per heavy atom. The van der Waals surface area contributed by atoms with E-state index < -0.39 is 6.10 Å². The fourth-order valence-corrected chi connectivity index (χ4v) is 2.42. The Bertz CT molecular complexity index is 593. The van der Waals surface area contributed by atoms with Crippen molar-refractivity contribution in [1.82, 2.24) is 5.32 Å². The van der Waals surface area contributed by atoms with Crippen LogP contribution in [0.4, 0.5) is 0 Å². The zero-order chi connectivity index (χ0) is 15.9. The lowest BCUT2D eigenvalue weighted by Gasteiger charge is -2.18. The van der Waals surface area contributed by atoms with Crippen LogP contribution in [0.2, 0.25) is 5.02 Å². The van der Waals surface area contributed by atoms with Crippen molar-refractivity contribution in [2.45, 2.75) is 26.0 Å². The SMILES string of the molecule is Cc1cc(Cl)ccc1OCC(O)CNC(C)c1ccccc1.[Cl-]. The highest BCUT2D eigenvalue weighted by Crippen LogP contribution is 2.21. The van der Waals surface area contributed by atoms with Gasteiger partial charge in [0.25, 0.3) is 0 Å². The van der Waals surface area contributed by atoms with Crippen LogP contribution in [-0.4, -0.2) is 24.4 Å². The topological polar surface area (TPSA) is 41.5 Å². The van der Waals surface area contributed by atoms with E-state index in [-0.39, 0.29) is 25.1 Å². The monoisotopic (exact) mass is 354 g/mol. The molecule has 5 heteroatoms. The van der Waals surface area contributed by atoms with Crippen LogP contribution in [0.3, 0.4) is 0 Å². The lowest BCUT2D eigenvalue weighted by Crippen LogP contribution is -3.00. The van der Waals surface area contributed by atoms with Crippen molar-refractivity contribution in [2.75, 3.05) is 13.2 Å². The Morgan fingerprint density at radius 2 is 1.87 bits per heavy atom. The van der Waals surface area contributed by atoms with E-state index in [1.165, 1.54) is 5.56 Å². The van der Waals surface area contributed by atoms with Crippen molar-refractivity contribution in [1.29, 1.82) is 0 Å². The summed E-state index contributed by atoms with van der Waals surface area (Å²) in [5.74, 6) is 0.750. The molecule has 0 amide bonds. The molecule has 0 saturated carbocycles. The Morgan fingerprint density at radius 3 is 2.52 bits per heavy atom. The molecular formula is C18H22Cl2NO2-. The van der Waals surface area contributed by atoms with E-state index in [4.69, 9.17) is 16.3 Å². The Labute approximate surface area is 149 Å². The van der Waals surface area contributed by atoms with Crippen molar-refractivity contribution < 1.29 is 22.3 Å². The third-order valence-electron chi connectivity index (χ3n) is 3.53. The maximum atomic E-state index is 10.0. The quantitative estimate of drug-likeness (QED) is 0.770. The maximum Gasteiger partial charge on any atom is 0.122 e. The molecule has 0 radical (unpaired) electrons. The molecule has 0 spiro atoms. The molecule has 0 aromatic heterocycles. The van der Waals surface area contributed by atoms with Gasteiger partial charge in [-0.15, -0.1) is 0 Å². The molecule has 0 aliphatic heterocycles. The predicted octanol–water partition coefficient (Wildman–Crippen LogP) is 0.743. The van der Waals surface area contributed by atoms with Gasteiger partial charge in [-0.25, -0.2) is 0 Å². The molecule has 2 atom stereocenters. The second-order valence-corrected chi connectivity index (χ2v) is 5.85. The number of hydrogen-bond acceptors (Lipinski definition) is 3. The number of benzene rings is 2. The van der Waals surface area contributed by atoms with Gasteiger partial charge in [0, 0.05) is 17.6 Å². The summed E-state index contributed by atoms with van der Waals surface area (Å²) in [7, 11) is 0. The smallest absolute Gasteiger partial charge is 0.122 e. The van der Waals surface area contributed by atoms with Gasteiger partial charge >= 0.3 is 0 Å². The van der Waals surface area contributed by atoms with Gasteiger partial charge in [-0.1, -0.05) is 41.9 Å². The number of aryl methyl sites for hydroxylation is 1. The molecule has 0 fully saturated rings. The summed E-state index contributed by atoms with van der Waals surface area (Å²) < 4.78 is 5.64. The van der Waals surface area contributed by atoms with E-state index >= 15 is 0 Å². The van der Waals surface area contributed by atoms with E-state index in [2.05, 4.69) is 24.4 Å². The minimum atomic E-state index is -0.568. The summed E-state index contributed by atoms with van der Waals surface area (Å²) in [5.41, 5.74) is 2.16. The zero-order valence-corrected chi connectivity index (χ0v) is 14.8. The van der Waals surface area contributed by atoms with Crippen LogP contribution in [-0.2, 0) is 0 Å². The molecular weight excluding hydrogens is 333 g/mol. The van der Waals surface area contributed by atoms with Gasteiger partial charge in [0.05, 0.1) is 0 Å². The summed E-state index contributed by atoms with van der Waals surface area (Å²) in [4.78, 5) is 0. The highest BCUT2D eigenvalue weighted by Gasteiger charge is 2.10. The van der Waals surface area contributed by atoms with Gasteiger partial charge < -0.3 is 27.6 Å². The highest BCUT2D eigenvalue weighted by atomic mass is 35.5. The molecule has 2 aromatic rings. The summed E-state index contributed by atoms with van der Waals surface area (Å²) >= 11 is 5.91. The van der Waals surface area contributed by atoms with Gasteiger partial charge in [0.2, 0.25) is 0 Å². The number of aliphatic hydroxyl groups excluding tert-OH is 1. The van der Waals surface area contributed by atoms with Crippen LogP contribution < -0.4 is 22.5 Å². The summed E-state index contributed by atoms with van der Waals surface area (Å²) in [6.07, 6.45) is -0.568. The van der Waals surface area contributed by atoms with Crippen molar-refractivity contribution in [2.24, 2.45) is 0 Å². The standard InChI is InChI=1S/C18H22ClNO2.ClH/c1-13-10-16(19)8-9-18(13)22-12-17(21)11-20-14(2)15-6-4-3-5-7-15;/h3-10,14,17,20-21H,11-12H2,1-2H3;1H/p-1. The third-order valence-corrected chi connectivity index (χ3v) is 3.76. The molecule has 0 bridgehead atoms. The third kappa shape index (κ3) is 6.40. The van der Waals surface area contributed by atoms with Crippen molar-refractivity contribution in [3.05, 3.63) is 64.7 Å². The average Bonchev–Trinajstić information content (AvgIpc) is 2.52. The number of aliphatic hydroxyl groups is 1. The molecule has 0 aliphatic carbocycles. The lowest BCUT2D eigenvalue weighted by atomic mass is 10.1. The number of halogens is 2. The van der Waals surface area contributed by atoms with Crippen LogP contribution in [0.5, 0.6) is 5.75 Å². The number of hydrogen-bond donors (Lipinski definition) is 2. The molecule has 2 unspecified atom stereocenters. The average molecular weight is 355 g/mol. The van der Waals surface area contributed by atoms with Crippen LogP contribution in [0.1, 0.15) is 24.1 Å². The number of rotatable bonds is 7. The van der Waals surface area contributed by atoms with Crippen LogP contribution in [0, 0.1) is 6.92 Å². The zero-order valence-electron chi connectivity index (χ0n) is 13.3. The number of nitrogens with one attached hydrogen (secondary N) is 1. The van der Waals surface area contributed by atoms with Crippen LogP contribution >= 0.6 is 11.6 Å². The first-order valence-corrected chi connectivity index (χ1v) is 7.79. The summed E-state index contributed by atoms with van der Waals surface area (Å²) in [6.45, 7) is 4.73. The van der Waals surface area contributed by atoms with Crippen LogP contribution in [0.15, 0.2) is 48.5 Å². The van der Waals surface area contributed by atoms with Crippen molar-refractivity contribution >= 4 is 11.6 Å². The first-order valence-electron chi connectivity index (χ1n) is 7.41. The van der Waals surface area contributed by atoms with Gasteiger partial charge in [-0.05, 0) is 43.2 Å². The fraction of sp³-hybridized carbons (Fsp3) is 0.333. The largest absolute Gasteiger partial charge is 1.00 e. The van der Waals surface area contributed by atoms with E-state index in [0.29, 0.717) is 11.6 Å². The maximum absolute atomic E-state index is 10.0. The Kier molecular flexibility index (Phi) is 8.42. The van der Waals surface area contributed by atoms with Crippen molar-refractivity contribution in [3.8, 4) is 5.75 Å². The molecule has 0 saturated heterocycles. The van der Waals surface area contributed by atoms with Crippen molar-refractivity contribution in [3.63, 3.8) is 0 Å². The lowest BCUT2D eigenvalue weighted by molar-refractivity contribution is -0.00000630. The van der Waals surface area contributed by atoms with E-state index in [9.17, 15) is 5.11 Å². The predicted molar refractivity (Wildman–Crippen MR) is 90.6 cm³/mol. The minimum Gasteiger partial charge on any atom is -1.00 e. The first-order chi connectivity index (χ1) is 10.6. The van der Waals surface area contributed by atoms with E-state index in [0.717, 1.165) is 11.3 Å². The molecule has 0 aliphatic rings. The normalized spacial score (nSPS) is 13.0. The number of ether oxygens (including phenoxy) is 1. The Balaban J connectivity index is 0.00000264. The van der Waals surface area contributed by atoms with E-state index in [1.54, 1.807) is 6.07 Å². The van der Waals surface area contributed by atoms with Gasteiger partial charge in [0.15, 0.2) is 0 Å². The van der Waals surface area contributed by atoms with Gasteiger partial charge in [-0.3, -0.25) is 0 Å². The molecule has 3 nitrogen and oxygen atoms in total. The molecule has 2 rings (SSSR count). The highest BCUT2D eigenvalue weighted by molar-refractivity contribution is 6.30.